The normalized spacial score (nSPS) is 10.6. The second-order valence-electron chi connectivity index (χ2n) is 5.91. The maximum atomic E-state index is 13.0. The third-order valence-corrected chi connectivity index (χ3v) is 4.93. The molecule has 3 aromatic rings. The van der Waals surface area contributed by atoms with E-state index in [0.717, 1.165) is 27.9 Å². The summed E-state index contributed by atoms with van der Waals surface area (Å²) in [5.74, 6) is -0.432. The van der Waals surface area contributed by atoms with E-state index >= 15 is 0 Å². The van der Waals surface area contributed by atoms with E-state index in [9.17, 15) is 9.18 Å². The van der Waals surface area contributed by atoms with E-state index in [-0.39, 0.29) is 23.3 Å². The quantitative estimate of drug-likeness (QED) is 0.623. The van der Waals surface area contributed by atoms with Crippen molar-refractivity contribution in [3.63, 3.8) is 0 Å². The molecule has 2 aromatic carbocycles. The van der Waals surface area contributed by atoms with Gasteiger partial charge in [-0.05, 0) is 37.1 Å². The van der Waals surface area contributed by atoms with Gasteiger partial charge in [0, 0.05) is 17.5 Å². The number of benzene rings is 2. The number of hydrogen-bond donors (Lipinski definition) is 1. The molecule has 140 valence electrons. The molecule has 1 aromatic heterocycles. The fourth-order valence-electron chi connectivity index (χ4n) is 2.47. The van der Waals surface area contributed by atoms with Crippen LogP contribution in [0.2, 0.25) is 5.02 Å². The molecule has 0 spiro atoms. The Morgan fingerprint density at radius 2 is 2.04 bits per heavy atom. The Morgan fingerprint density at radius 1 is 1.26 bits per heavy atom. The summed E-state index contributed by atoms with van der Waals surface area (Å²) in [5, 5.41) is 6.01. The summed E-state index contributed by atoms with van der Waals surface area (Å²) in [4.78, 5) is 16.3. The highest BCUT2D eigenvalue weighted by atomic mass is 35.5. The van der Waals surface area contributed by atoms with Gasteiger partial charge in [-0.15, -0.1) is 11.3 Å². The van der Waals surface area contributed by atoms with Crippen molar-refractivity contribution in [2.24, 2.45) is 0 Å². The van der Waals surface area contributed by atoms with Crippen LogP contribution in [0, 0.1) is 12.7 Å². The number of carbonyl (C=O) groups excluding carboxylic acids is 1. The molecule has 0 aliphatic rings. The number of hydrogen-bond acceptors (Lipinski definition) is 4. The van der Waals surface area contributed by atoms with Crippen molar-refractivity contribution in [3.8, 4) is 17.0 Å². The van der Waals surface area contributed by atoms with Crippen molar-refractivity contribution >= 4 is 28.8 Å². The van der Waals surface area contributed by atoms with Gasteiger partial charge in [0.05, 0.1) is 15.7 Å². The zero-order chi connectivity index (χ0) is 19.2. The van der Waals surface area contributed by atoms with Gasteiger partial charge in [-0.1, -0.05) is 35.9 Å². The summed E-state index contributed by atoms with van der Waals surface area (Å²) in [6, 6.07) is 11.9. The highest BCUT2D eigenvalue weighted by molar-refractivity contribution is 7.09. The van der Waals surface area contributed by atoms with Gasteiger partial charge in [-0.3, -0.25) is 4.79 Å². The molecular weight excluding hydrogens is 387 g/mol. The third-order valence-electron chi connectivity index (χ3n) is 3.86. The van der Waals surface area contributed by atoms with Crippen LogP contribution in [-0.2, 0) is 11.2 Å². The average Bonchev–Trinajstić information content (AvgIpc) is 3.08. The first-order valence-corrected chi connectivity index (χ1v) is 9.63. The van der Waals surface area contributed by atoms with Crippen molar-refractivity contribution in [2.75, 3.05) is 13.2 Å². The maximum Gasteiger partial charge on any atom is 0.257 e. The van der Waals surface area contributed by atoms with E-state index < -0.39 is 5.82 Å². The van der Waals surface area contributed by atoms with E-state index in [1.165, 1.54) is 12.1 Å². The third kappa shape index (κ3) is 5.52. The highest BCUT2D eigenvalue weighted by Gasteiger charge is 2.07. The molecule has 0 aliphatic carbocycles. The van der Waals surface area contributed by atoms with Crippen LogP contribution in [0.4, 0.5) is 4.39 Å². The van der Waals surface area contributed by atoms with Crippen LogP contribution >= 0.6 is 22.9 Å². The van der Waals surface area contributed by atoms with Crippen LogP contribution in [0.15, 0.2) is 47.8 Å². The van der Waals surface area contributed by atoms with Crippen LogP contribution in [0.3, 0.4) is 0 Å². The van der Waals surface area contributed by atoms with Crippen LogP contribution in [0.25, 0.3) is 11.3 Å². The molecule has 1 amide bonds. The van der Waals surface area contributed by atoms with Gasteiger partial charge in [-0.2, -0.15) is 0 Å². The van der Waals surface area contributed by atoms with E-state index in [1.807, 2.05) is 36.6 Å². The van der Waals surface area contributed by atoms with E-state index in [4.69, 9.17) is 16.3 Å². The number of nitrogens with zero attached hydrogens (tertiary/aromatic N) is 1. The van der Waals surface area contributed by atoms with E-state index in [0.29, 0.717) is 13.0 Å². The first kappa shape index (κ1) is 19.3. The molecular formula is C20H18ClFN2O2S. The Hall–Kier alpha value is -2.44. The van der Waals surface area contributed by atoms with Gasteiger partial charge in [0.15, 0.2) is 6.61 Å². The Balaban J connectivity index is 1.43. The van der Waals surface area contributed by atoms with Gasteiger partial charge < -0.3 is 10.1 Å². The first-order valence-electron chi connectivity index (χ1n) is 8.37. The maximum absolute atomic E-state index is 13.0. The smallest absolute Gasteiger partial charge is 0.257 e. The minimum atomic E-state index is -0.451. The lowest BCUT2D eigenvalue weighted by Gasteiger charge is -2.09. The van der Waals surface area contributed by atoms with E-state index in [1.54, 1.807) is 11.3 Å². The van der Waals surface area contributed by atoms with Crippen LogP contribution in [0.1, 0.15) is 10.6 Å². The zero-order valence-electron chi connectivity index (χ0n) is 14.7. The number of aryl methyl sites for hydroxylation is 1. The minimum absolute atomic E-state index is 0.137. The topological polar surface area (TPSA) is 51.2 Å². The van der Waals surface area contributed by atoms with Crippen molar-refractivity contribution in [1.82, 2.24) is 10.3 Å². The zero-order valence-corrected chi connectivity index (χ0v) is 16.2. The first-order chi connectivity index (χ1) is 13.0. The van der Waals surface area contributed by atoms with Crippen molar-refractivity contribution in [2.45, 2.75) is 13.3 Å². The molecule has 4 nitrogen and oxygen atoms in total. The number of aromatic nitrogens is 1. The number of amides is 1. The van der Waals surface area contributed by atoms with Gasteiger partial charge in [0.25, 0.3) is 5.91 Å². The molecule has 0 saturated heterocycles. The second kappa shape index (κ2) is 8.97. The second-order valence-corrected chi connectivity index (χ2v) is 7.38. The number of nitrogens with one attached hydrogen (secondary N) is 1. The summed E-state index contributed by atoms with van der Waals surface area (Å²) in [6.07, 6.45) is 0.708. The molecule has 0 unspecified atom stereocenters. The Labute approximate surface area is 166 Å². The summed E-state index contributed by atoms with van der Waals surface area (Å²) >= 11 is 7.48. The van der Waals surface area contributed by atoms with Gasteiger partial charge in [0.2, 0.25) is 0 Å². The monoisotopic (exact) mass is 404 g/mol. The predicted molar refractivity (Wildman–Crippen MR) is 106 cm³/mol. The largest absolute Gasteiger partial charge is 0.482 e. The van der Waals surface area contributed by atoms with Crippen molar-refractivity contribution in [3.05, 3.63) is 69.3 Å². The number of rotatable bonds is 7. The standard InChI is InChI=1S/C20H18ClFN2O2S/c1-13-24-18(12-27-13)15-4-2-14(3-5-15)8-9-23-20(25)11-26-19-7-6-16(22)10-17(19)21/h2-7,10,12H,8-9,11H2,1H3,(H,23,25). The predicted octanol–water partition coefficient (Wildman–Crippen LogP) is 4.65. The number of halogens is 2. The van der Waals surface area contributed by atoms with E-state index in [2.05, 4.69) is 10.3 Å². The number of carbonyl (C=O) groups is 1. The molecule has 3 rings (SSSR count). The van der Waals surface area contributed by atoms with Crippen LogP contribution in [-0.4, -0.2) is 24.0 Å². The molecule has 0 fully saturated rings. The number of thiazole rings is 1. The molecule has 0 radical (unpaired) electrons. The van der Waals surface area contributed by atoms with Crippen LogP contribution in [0.5, 0.6) is 5.75 Å². The summed E-state index contributed by atoms with van der Waals surface area (Å²) in [5.41, 5.74) is 3.18. The van der Waals surface area contributed by atoms with Crippen molar-refractivity contribution in [1.29, 1.82) is 0 Å². The number of ether oxygens (including phenoxy) is 1. The van der Waals surface area contributed by atoms with Gasteiger partial charge in [-0.25, -0.2) is 9.37 Å². The summed E-state index contributed by atoms with van der Waals surface area (Å²) in [6.45, 7) is 2.31. The minimum Gasteiger partial charge on any atom is -0.482 e. The lowest BCUT2D eigenvalue weighted by Crippen LogP contribution is -2.30. The molecule has 7 heteroatoms. The Kier molecular flexibility index (Phi) is 6.42. The van der Waals surface area contributed by atoms with Gasteiger partial charge in [0.1, 0.15) is 11.6 Å². The molecule has 0 aliphatic heterocycles. The molecule has 1 N–H and O–H groups in total. The van der Waals surface area contributed by atoms with Crippen LogP contribution < -0.4 is 10.1 Å². The molecule has 0 saturated carbocycles. The average molecular weight is 405 g/mol. The molecule has 0 bridgehead atoms. The SMILES string of the molecule is Cc1nc(-c2ccc(CCNC(=O)COc3ccc(F)cc3Cl)cc2)cs1. The fourth-order valence-corrected chi connectivity index (χ4v) is 3.31. The molecule has 27 heavy (non-hydrogen) atoms. The highest BCUT2D eigenvalue weighted by Crippen LogP contribution is 2.24. The molecule has 0 atom stereocenters. The lowest BCUT2D eigenvalue weighted by atomic mass is 10.1. The molecule has 1 heterocycles. The lowest BCUT2D eigenvalue weighted by molar-refractivity contribution is -0.123. The fraction of sp³-hybridized carbons (Fsp3) is 0.200. The van der Waals surface area contributed by atoms with Gasteiger partial charge >= 0.3 is 0 Å². The Bertz CT molecular complexity index is 928. The summed E-state index contributed by atoms with van der Waals surface area (Å²) in [7, 11) is 0. The Morgan fingerprint density at radius 3 is 2.70 bits per heavy atom. The van der Waals surface area contributed by atoms with Crippen molar-refractivity contribution < 1.29 is 13.9 Å². The summed E-state index contributed by atoms with van der Waals surface area (Å²) < 4.78 is 18.3.